The van der Waals surface area contributed by atoms with Gasteiger partial charge in [0.25, 0.3) is 0 Å². The van der Waals surface area contributed by atoms with Crippen LogP contribution in [0.15, 0.2) is 36.9 Å². The lowest BCUT2D eigenvalue weighted by Crippen LogP contribution is -2.16. The third-order valence-electron chi connectivity index (χ3n) is 2.97. The maximum Gasteiger partial charge on any atom is 0.303 e. The molecular weight excluding hydrogens is 256 g/mol. The molecule has 1 unspecified atom stereocenters. The molecule has 1 aromatic heterocycles. The van der Waals surface area contributed by atoms with E-state index in [4.69, 9.17) is 5.11 Å². The van der Waals surface area contributed by atoms with Gasteiger partial charge in [-0.3, -0.25) is 4.79 Å². The highest BCUT2D eigenvalue weighted by Crippen LogP contribution is 2.13. The van der Waals surface area contributed by atoms with Crippen molar-refractivity contribution in [3.8, 4) is 0 Å². The second-order valence-corrected chi connectivity index (χ2v) is 4.77. The van der Waals surface area contributed by atoms with Crippen LogP contribution in [0.25, 0.3) is 0 Å². The van der Waals surface area contributed by atoms with Gasteiger partial charge >= 0.3 is 5.97 Å². The van der Waals surface area contributed by atoms with E-state index in [-0.39, 0.29) is 12.5 Å². The van der Waals surface area contributed by atoms with Crippen LogP contribution in [-0.2, 0) is 11.3 Å². The minimum atomic E-state index is -0.762. The lowest BCUT2D eigenvalue weighted by atomic mass is 10.1. The number of carboxylic acid groups (broad SMARTS) is 1. The zero-order chi connectivity index (χ0) is 14.4. The Morgan fingerprint density at radius 3 is 2.75 bits per heavy atom. The van der Waals surface area contributed by atoms with Crippen molar-refractivity contribution in [1.29, 1.82) is 0 Å². The van der Waals surface area contributed by atoms with E-state index in [0.717, 1.165) is 11.3 Å². The highest BCUT2D eigenvalue weighted by Gasteiger charge is 2.05. The summed E-state index contributed by atoms with van der Waals surface area (Å²) in [5, 5.41) is 16.0. The zero-order valence-corrected chi connectivity index (χ0v) is 11.4. The molecule has 0 bridgehead atoms. The molecule has 0 aliphatic heterocycles. The number of hydrogen-bond donors (Lipinski definition) is 2. The number of anilines is 1. The fourth-order valence-electron chi connectivity index (χ4n) is 1.90. The first-order valence-electron chi connectivity index (χ1n) is 6.53. The van der Waals surface area contributed by atoms with Gasteiger partial charge in [-0.2, -0.15) is 5.10 Å². The zero-order valence-electron chi connectivity index (χ0n) is 11.4. The van der Waals surface area contributed by atoms with E-state index < -0.39 is 5.97 Å². The van der Waals surface area contributed by atoms with Crippen molar-refractivity contribution in [1.82, 2.24) is 14.8 Å². The molecule has 0 saturated carbocycles. The Bertz CT molecular complexity index is 537. The van der Waals surface area contributed by atoms with Gasteiger partial charge in [-0.25, -0.2) is 9.67 Å². The minimum absolute atomic E-state index is 0.132. The summed E-state index contributed by atoms with van der Waals surface area (Å²) in [6, 6.07) is 8.15. The van der Waals surface area contributed by atoms with Crippen LogP contribution in [0.4, 0.5) is 5.69 Å². The van der Waals surface area contributed by atoms with Gasteiger partial charge in [-0.1, -0.05) is 12.1 Å². The van der Waals surface area contributed by atoms with Gasteiger partial charge in [-0.15, -0.1) is 0 Å². The average molecular weight is 274 g/mol. The number of benzene rings is 1. The molecule has 0 saturated heterocycles. The largest absolute Gasteiger partial charge is 0.481 e. The predicted molar refractivity (Wildman–Crippen MR) is 75.5 cm³/mol. The highest BCUT2D eigenvalue weighted by molar-refractivity contribution is 5.66. The minimum Gasteiger partial charge on any atom is -0.481 e. The van der Waals surface area contributed by atoms with Crippen molar-refractivity contribution >= 4 is 11.7 Å². The molecule has 0 aliphatic carbocycles. The maximum atomic E-state index is 10.5. The molecule has 106 valence electrons. The summed E-state index contributed by atoms with van der Waals surface area (Å²) in [6.07, 6.45) is 3.98. The summed E-state index contributed by atoms with van der Waals surface area (Å²) >= 11 is 0. The SMILES string of the molecule is CC(CCC(=O)O)Nc1ccc(Cn2cncn2)cc1. The molecule has 0 radical (unpaired) electrons. The normalized spacial score (nSPS) is 12.1. The Kier molecular flexibility index (Phi) is 4.70. The van der Waals surface area contributed by atoms with Crippen LogP contribution in [-0.4, -0.2) is 31.9 Å². The molecule has 2 aromatic rings. The summed E-state index contributed by atoms with van der Waals surface area (Å²) in [6.45, 7) is 2.67. The molecule has 1 heterocycles. The molecule has 1 aromatic carbocycles. The van der Waals surface area contributed by atoms with Crippen molar-refractivity contribution in [2.45, 2.75) is 32.4 Å². The third kappa shape index (κ3) is 4.38. The van der Waals surface area contributed by atoms with E-state index in [1.807, 2.05) is 31.2 Å². The fourth-order valence-corrected chi connectivity index (χ4v) is 1.90. The Morgan fingerprint density at radius 1 is 1.40 bits per heavy atom. The molecule has 20 heavy (non-hydrogen) atoms. The van der Waals surface area contributed by atoms with E-state index in [1.165, 1.54) is 6.33 Å². The molecule has 0 amide bonds. The van der Waals surface area contributed by atoms with E-state index >= 15 is 0 Å². The van der Waals surface area contributed by atoms with Crippen molar-refractivity contribution < 1.29 is 9.90 Å². The first-order valence-corrected chi connectivity index (χ1v) is 6.53. The van der Waals surface area contributed by atoms with Gasteiger partial charge < -0.3 is 10.4 Å². The number of hydrogen-bond acceptors (Lipinski definition) is 4. The first-order chi connectivity index (χ1) is 9.63. The standard InChI is InChI=1S/C14H18N4O2/c1-11(2-7-14(19)20)17-13-5-3-12(4-6-13)8-18-10-15-9-16-18/h3-6,9-11,17H,2,7-8H2,1H3,(H,19,20). The van der Waals surface area contributed by atoms with Crippen LogP contribution < -0.4 is 5.32 Å². The molecular formula is C14H18N4O2. The van der Waals surface area contributed by atoms with Crippen molar-refractivity contribution in [2.24, 2.45) is 0 Å². The average Bonchev–Trinajstić information content (AvgIpc) is 2.92. The Labute approximate surface area is 117 Å². The van der Waals surface area contributed by atoms with Crippen molar-refractivity contribution in [2.75, 3.05) is 5.32 Å². The molecule has 2 N–H and O–H groups in total. The highest BCUT2D eigenvalue weighted by atomic mass is 16.4. The smallest absolute Gasteiger partial charge is 0.303 e. The summed E-state index contributed by atoms with van der Waals surface area (Å²) in [7, 11) is 0. The number of aromatic nitrogens is 3. The van der Waals surface area contributed by atoms with Gasteiger partial charge in [0.1, 0.15) is 12.7 Å². The van der Waals surface area contributed by atoms with E-state index in [9.17, 15) is 4.79 Å². The van der Waals surface area contributed by atoms with Crippen LogP contribution in [0.2, 0.25) is 0 Å². The van der Waals surface area contributed by atoms with Crippen molar-refractivity contribution in [3.63, 3.8) is 0 Å². The lowest BCUT2D eigenvalue weighted by Gasteiger charge is -2.14. The van der Waals surface area contributed by atoms with Gasteiger partial charge in [-0.05, 0) is 31.0 Å². The Hall–Kier alpha value is -2.37. The Balaban J connectivity index is 1.86. The first kappa shape index (κ1) is 14.0. The molecule has 6 heteroatoms. The lowest BCUT2D eigenvalue weighted by molar-refractivity contribution is -0.137. The van der Waals surface area contributed by atoms with Crippen LogP contribution in [0.5, 0.6) is 0 Å². The molecule has 1 atom stereocenters. The summed E-state index contributed by atoms with van der Waals surface area (Å²) in [5.41, 5.74) is 2.13. The van der Waals surface area contributed by atoms with Crippen LogP contribution in [0.1, 0.15) is 25.3 Å². The van der Waals surface area contributed by atoms with Crippen LogP contribution in [0, 0.1) is 0 Å². The maximum absolute atomic E-state index is 10.5. The summed E-state index contributed by atoms with van der Waals surface area (Å²) in [4.78, 5) is 14.4. The quantitative estimate of drug-likeness (QED) is 0.807. The summed E-state index contributed by atoms with van der Waals surface area (Å²) in [5.74, 6) is -0.762. The van der Waals surface area contributed by atoms with E-state index in [0.29, 0.717) is 13.0 Å². The molecule has 0 aliphatic rings. The van der Waals surface area contributed by atoms with Crippen LogP contribution >= 0.6 is 0 Å². The topological polar surface area (TPSA) is 80.0 Å². The molecule has 2 rings (SSSR count). The van der Waals surface area contributed by atoms with Gasteiger partial charge in [0.15, 0.2) is 0 Å². The number of aliphatic carboxylic acids is 1. The van der Waals surface area contributed by atoms with E-state index in [2.05, 4.69) is 15.4 Å². The number of nitrogens with one attached hydrogen (secondary N) is 1. The Morgan fingerprint density at radius 2 is 2.15 bits per heavy atom. The predicted octanol–water partition coefficient (Wildman–Crippen LogP) is 1.99. The van der Waals surface area contributed by atoms with Crippen molar-refractivity contribution in [3.05, 3.63) is 42.5 Å². The van der Waals surface area contributed by atoms with Gasteiger partial charge in [0, 0.05) is 18.2 Å². The second-order valence-electron chi connectivity index (χ2n) is 4.77. The molecule has 0 fully saturated rings. The molecule has 6 nitrogen and oxygen atoms in total. The monoisotopic (exact) mass is 274 g/mol. The second kappa shape index (κ2) is 6.70. The van der Waals surface area contributed by atoms with E-state index in [1.54, 1.807) is 11.0 Å². The summed E-state index contributed by atoms with van der Waals surface area (Å²) < 4.78 is 1.76. The fraction of sp³-hybridized carbons (Fsp3) is 0.357. The number of nitrogens with zero attached hydrogens (tertiary/aromatic N) is 3. The number of carbonyl (C=O) groups is 1. The number of carboxylic acids is 1. The van der Waals surface area contributed by atoms with Gasteiger partial charge in [0.2, 0.25) is 0 Å². The third-order valence-corrected chi connectivity index (χ3v) is 2.97. The molecule has 0 spiro atoms. The number of rotatable bonds is 7. The van der Waals surface area contributed by atoms with Crippen LogP contribution in [0.3, 0.4) is 0 Å². The van der Waals surface area contributed by atoms with Gasteiger partial charge in [0.05, 0.1) is 6.54 Å².